The van der Waals surface area contributed by atoms with Gasteiger partial charge in [0.05, 0.1) is 0 Å². The Bertz CT molecular complexity index is 810. The lowest BCUT2D eigenvalue weighted by Crippen LogP contribution is -2.47. The fourth-order valence-corrected chi connectivity index (χ4v) is 4.38. The molecule has 0 bridgehead atoms. The van der Waals surface area contributed by atoms with Gasteiger partial charge in [0, 0.05) is 49.1 Å². The minimum absolute atomic E-state index is 1.13. The zero-order valence-corrected chi connectivity index (χ0v) is 15.3. The second-order valence-corrected chi connectivity index (χ2v) is 7.69. The van der Waals surface area contributed by atoms with Crippen LogP contribution in [0.3, 0.4) is 0 Å². The molecule has 0 amide bonds. The molecule has 0 aromatic heterocycles. The van der Waals surface area contributed by atoms with Crippen LogP contribution < -0.4 is 4.90 Å². The molecule has 0 N–H and O–H groups in total. The first-order chi connectivity index (χ1) is 12.4. The number of hydrogen-bond donors (Lipinski definition) is 0. The number of anilines is 1. The fraction of sp³-hybridized carbons (Fsp3) is 0.273. The van der Waals surface area contributed by atoms with E-state index in [1.165, 1.54) is 27.9 Å². The predicted octanol–water partition coefficient (Wildman–Crippen LogP) is 4.75. The molecule has 0 radical (unpaired) electrons. The summed E-state index contributed by atoms with van der Waals surface area (Å²) in [5, 5.41) is 2.66. The van der Waals surface area contributed by atoms with Crippen LogP contribution in [0.25, 0.3) is 10.8 Å². The third kappa shape index (κ3) is 4.17. The number of para-hydroxylation sites is 1. The molecule has 3 aromatic rings. The van der Waals surface area contributed by atoms with Gasteiger partial charge in [0.25, 0.3) is 0 Å². The van der Waals surface area contributed by atoms with Crippen LogP contribution in [-0.4, -0.2) is 43.4 Å². The molecule has 3 aromatic carbocycles. The lowest BCUT2D eigenvalue weighted by Gasteiger charge is -2.36. The van der Waals surface area contributed by atoms with Gasteiger partial charge in [0.2, 0.25) is 0 Å². The topological polar surface area (TPSA) is 6.48 Å². The van der Waals surface area contributed by atoms with Crippen molar-refractivity contribution in [3.05, 3.63) is 72.8 Å². The highest BCUT2D eigenvalue weighted by Gasteiger charge is 2.16. The predicted molar refractivity (Wildman–Crippen MR) is 110 cm³/mol. The van der Waals surface area contributed by atoms with Crippen LogP contribution in [0.1, 0.15) is 0 Å². The van der Waals surface area contributed by atoms with Crippen LogP contribution in [0.2, 0.25) is 0 Å². The van der Waals surface area contributed by atoms with Crippen molar-refractivity contribution in [2.24, 2.45) is 0 Å². The number of benzene rings is 3. The molecule has 128 valence electrons. The molecule has 25 heavy (non-hydrogen) atoms. The number of hydrogen-bond acceptors (Lipinski definition) is 3. The van der Waals surface area contributed by atoms with Crippen molar-refractivity contribution in [2.45, 2.75) is 4.90 Å². The van der Waals surface area contributed by atoms with Crippen molar-refractivity contribution >= 4 is 28.2 Å². The SMILES string of the molecule is c1ccc(N2CCN(CCSc3ccc4ccccc4c3)CC2)cc1. The van der Waals surface area contributed by atoms with Gasteiger partial charge < -0.3 is 4.90 Å². The van der Waals surface area contributed by atoms with Gasteiger partial charge in [-0.2, -0.15) is 0 Å². The van der Waals surface area contributed by atoms with E-state index in [0.29, 0.717) is 0 Å². The fourth-order valence-electron chi connectivity index (χ4n) is 3.42. The maximum Gasteiger partial charge on any atom is 0.0367 e. The van der Waals surface area contributed by atoms with E-state index < -0.39 is 0 Å². The Hall–Kier alpha value is -1.97. The third-order valence-corrected chi connectivity index (χ3v) is 5.86. The van der Waals surface area contributed by atoms with E-state index in [0.717, 1.165) is 31.9 Å². The Morgan fingerprint density at radius 1 is 0.720 bits per heavy atom. The zero-order chi connectivity index (χ0) is 16.9. The summed E-state index contributed by atoms with van der Waals surface area (Å²) in [6.45, 7) is 5.75. The van der Waals surface area contributed by atoms with E-state index in [1.54, 1.807) is 0 Å². The molecule has 0 saturated carbocycles. The number of rotatable bonds is 5. The van der Waals surface area contributed by atoms with Gasteiger partial charge in [-0.3, -0.25) is 4.90 Å². The highest BCUT2D eigenvalue weighted by atomic mass is 32.2. The van der Waals surface area contributed by atoms with Gasteiger partial charge in [-0.1, -0.05) is 48.5 Å². The largest absolute Gasteiger partial charge is 0.369 e. The minimum atomic E-state index is 1.13. The molecule has 1 saturated heterocycles. The molecular weight excluding hydrogens is 324 g/mol. The Balaban J connectivity index is 1.25. The molecule has 0 atom stereocenters. The van der Waals surface area contributed by atoms with E-state index in [9.17, 15) is 0 Å². The highest BCUT2D eigenvalue weighted by Crippen LogP contribution is 2.24. The lowest BCUT2D eigenvalue weighted by molar-refractivity contribution is 0.273. The molecule has 3 heteroatoms. The van der Waals surface area contributed by atoms with Gasteiger partial charge >= 0.3 is 0 Å². The summed E-state index contributed by atoms with van der Waals surface area (Å²) in [6, 6.07) is 26.2. The molecule has 1 aliphatic heterocycles. The first kappa shape index (κ1) is 16.5. The smallest absolute Gasteiger partial charge is 0.0367 e. The van der Waals surface area contributed by atoms with Gasteiger partial charge in [-0.25, -0.2) is 0 Å². The van der Waals surface area contributed by atoms with Crippen molar-refractivity contribution in [1.82, 2.24) is 4.90 Å². The second-order valence-electron chi connectivity index (χ2n) is 6.52. The van der Waals surface area contributed by atoms with Crippen LogP contribution in [0, 0.1) is 0 Å². The summed E-state index contributed by atoms with van der Waals surface area (Å²) >= 11 is 1.97. The van der Waals surface area contributed by atoms with Crippen molar-refractivity contribution in [1.29, 1.82) is 0 Å². The summed E-state index contributed by atoms with van der Waals surface area (Å²) in [4.78, 5) is 6.46. The van der Waals surface area contributed by atoms with Crippen LogP contribution in [0.4, 0.5) is 5.69 Å². The quantitative estimate of drug-likeness (QED) is 0.614. The maximum absolute atomic E-state index is 2.59. The van der Waals surface area contributed by atoms with Crippen LogP contribution >= 0.6 is 11.8 Å². The van der Waals surface area contributed by atoms with Crippen molar-refractivity contribution in [3.8, 4) is 0 Å². The summed E-state index contributed by atoms with van der Waals surface area (Å²) in [7, 11) is 0. The molecule has 4 rings (SSSR count). The molecule has 1 fully saturated rings. The summed E-state index contributed by atoms with van der Waals surface area (Å²) < 4.78 is 0. The first-order valence-electron chi connectivity index (χ1n) is 9.02. The Morgan fingerprint density at radius 3 is 2.24 bits per heavy atom. The van der Waals surface area contributed by atoms with Gasteiger partial charge in [-0.05, 0) is 35.0 Å². The second kappa shape index (κ2) is 7.94. The Morgan fingerprint density at radius 2 is 1.44 bits per heavy atom. The standard InChI is InChI=1S/C22H24N2S/c1-2-8-21(9-3-1)24-14-12-23(13-15-24)16-17-25-22-11-10-19-6-4-5-7-20(19)18-22/h1-11,18H,12-17H2. The van der Waals surface area contributed by atoms with E-state index in [-0.39, 0.29) is 0 Å². The van der Waals surface area contributed by atoms with Gasteiger partial charge in [-0.15, -0.1) is 11.8 Å². The molecule has 0 unspecified atom stereocenters. The normalized spacial score (nSPS) is 15.6. The lowest BCUT2D eigenvalue weighted by atomic mass is 10.1. The summed E-state index contributed by atoms with van der Waals surface area (Å²) in [6.07, 6.45) is 0. The zero-order valence-electron chi connectivity index (χ0n) is 14.5. The molecule has 1 heterocycles. The molecule has 0 aliphatic carbocycles. The van der Waals surface area contributed by atoms with E-state index in [2.05, 4.69) is 82.6 Å². The number of thioether (sulfide) groups is 1. The van der Waals surface area contributed by atoms with Crippen molar-refractivity contribution in [2.75, 3.05) is 43.4 Å². The number of piperazine rings is 1. The molecule has 2 nitrogen and oxygen atoms in total. The van der Waals surface area contributed by atoms with Crippen LogP contribution in [0.5, 0.6) is 0 Å². The molecular formula is C22H24N2S. The number of fused-ring (bicyclic) bond motifs is 1. The van der Waals surface area contributed by atoms with Crippen LogP contribution in [0.15, 0.2) is 77.7 Å². The van der Waals surface area contributed by atoms with Gasteiger partial charge in [0.1, 0.15) is 0 Å². The summed E-state index contributed by atoms with van der Waals surface area (Å²) in [5.41, 5.74) is 1.35. The van der Waals surface area contributed by atoms with Crippen LogP contribution in [-0.2, 0) is 0 Å². The van der Waals surface area contributed by atoms with E-state index in [1.807, 2.05) is 11.8 Å². The summed E-state index contributed by atoms with van der Waals surface area (Å²) in [5.74, 6) is 1.16. The highest BCUT2D eigenvalue weighted by molar-refractivity contribution is 7.99. The van der Waals surface area contributed by atoms with Gasteiger partial charge in [0.15, 0.2) is 0 Å². The monoisotopic (exact) mass is 348 g/mol. The molecule has 1 aliphatic rings. The van der Waals surface area contributed by atoms with E-state index in [4.69, 9.17) is 0 Å². The average Bonchev–Trinajstić information content (AvgIpc) is 2.69. The third-order valence-electron chi connectivity index (χ3n) is 4.89. The Kier molecular flexibility index (Phi) is 5.24. The first-order valence-corrected chi connectivity index (χ1v) is 10.0. The van der Waals surface area contributed by atoms with Crippen molar-refractivity contribution in [3.63, 3.8) is 0 Å². The number of nitrogens with zero attached hydrogens (tertiary/aromatic N) is 2. The van der Waals surface area contributed by atoms with E-state index >= 15 is 0 Å². The molecule has 0 spiro atoms. The maximum atomic E-state index is 2.59. The van der Waals surface area contributed by atoms with Crippen molar-refractivity contribution < 1.29 is 0 Å². The minimum Gasteiger partial charge on any atom is -0.369 e. The average molecular weight is 349 g/mol. The Labute approximate surface area is 154 Å².